The van der Waals surface area contributed by atoms with E-state index in [4.69, 9.17) is 11.6 Å². The molecule has 0 aliphatic carbocycles. The average Bonchev–Trinajstić information content (AvgIpc) is 2.67. The van der Waals surface area contributed by atoms with Crippen LogP contribution in [-0.2, 0) is 6.54 Å². The van der Waals surface area contributed by atoms with Gasteiger partial charge in [-0.3, -0.25) is 4.79 Å². The van der Waals surface area contributed by atoms with E-state index in [-0.39, 0.29) is 5.91 Å². The van der Waals surface area contributed by atoms with Gasteiger partial charge in [0, 0.05) is 30.4 Å². The first-order valence-electron chi connectivity index (χ1n) is 7.77. The molecule has 3 aromatic rings. The molecule has 0 atom stereocenters. The Hall–Kier alpha value is -2.92. The fourth-order valence-corrected chi connectivity index (χ4v) is 2.43. The highest BCUT2D eigenvalue weighted by molar-refractivity contribution is 6.30. The minimum absolute atomic E-state index is 0.192. The normalized spacial score (nSPS) is 10.3. The lowest BCUT2D eigenvalue weighted by molar-refractivity contribution is 0.0988. The molecule has 6 heteroatoms. The zero-order valence-corrected chi connectivity index (χ0v) is 14.4. The van der Waals surface area contributed by atoms with Crippen LogP contribution in [0.1, 0.15) is 16.1 Å². The highest BCUT2D eigenvalue weighted by atomic mass is 35.5. The van der Waals surface area contributed by atoms with Crippen LogP contribution in [0.2, 0.25) is 5.02 Å². The molecule has 1 aromatic heterocycles. The third-order valence-electron chi connectivity index (χ3n) is 3.72. The number of hydrogen-bond donors (Lipinski definition) is 1. The molecule has 1 heterocycles. The Kier molecular flexibility index (Phi) is 5.26. The summed E-state index contributed by atoms with van der Waals surface area (Å²) in [7, 11) is 1.72. The lowest BCUT2D eigenvalue weighted by Crippen LogP contribution is -2.27. The molecule has 0 spiro atoms. The summed E-state index contributed by atoms with van der Waals surface area (Å²) in [6, 6.07) is 18.6. The molecule has 0 bridgehead atoms. The Morgan fingerprint density at radius 1 is 1.08 bits per heavy atom. The molecule has 5 nitrogen and oxygen atoms in total. The molecule has 2 aromatic carbocycles. The number of carbonyl (C=O) groups excluding carboxylic acids is 1. The van der Waals surface area contributed by atoms with Gasteiger partial charge in [0.2, 0.25) is 0 Å². The van der Waals surface area contributed by atoms with Gasteiger partial charge in [-0.05, 0) is 29.8 Å². The summed E-state index contributed by atoms with van der Waals surface area (Å²) in [6.07, 6.45) is 1.39. The standard InChI is InChI=1S/C19H17ClN4O/c1-24(16-5-3-2-4-6-16)19(25)17-11-18(23-13-22-17)21-12-14-7-9-15(20)10-8-14/h2-11,13H,12H2,1H3,(H,21,22,23). The topological polar surface area (TPSA) is 58.1 Å². The van der Waals surface area contributed by atoms with Crippen molar-refractivity contribution in [3.05, 3.63) is 83.3 Å². The number of halogens is 1. The fourth-order valence-electron chi connectivity index (χ4n) is 2.31. The van der Waals surface area contributed by atoms with Gasteiger partial charge in [-0.2, -0.15) is 0 Å². The Bertz CT molecular complexity index is 853. The van der Waals surface area contributed by atoms with Crippen LogP contribution >= 0.6 is 11.6 Å². The van der Waals surface area contributed by atoms with Crippen molar-refractivity contribution in [2.24, 2.45) is 0 Å². The van der Waals surface area contributed by atoms with Crippen molar-refractivity contribution in [2.45, 2.75) is 6.54 Å². The van der Waals surface area contributed by atoms with Crippen LogP contribution < -0.4 is 10.2 Å². The molecule has 0 radical (unpaired) electrons. The molecule has 0 saturated carbocycles. The summed E-state index contributed by atoms with van der Waals surface area (Å²) in [4.78, 5) is 22.4. The van der Waals surface area contributed by atoms with Crippen LogP contribution in [0.3, 0.4) is 0 Å². The number of carbonyl (C=O) groups is 1. The first-order valence-corrected chi connectivity index (χ1v) is 8.15. The lowest BCUT2D eigenvalue weighted by Gasteiger charge is -2.17. The second kappa shape index (κ2) is 7.77. The van der Waals surface area contributed by atoms with E-state index in [1.807, 2.05) is 54.6 Å². The first-order chi connectivity index (χ1) is 12.1. The molecule has 0 aliphatic rings. The van der Waals surface area contributed by atoms with Gasteiger partial charge in [-0.1, -0.05) is 41.9 Å². The smallest absolute Gasteiger partial charge is 0.276 e. The van der Waals surface area contributed by atoms with Crippen molar-refractivity contribution in [1.82, 2.24) is 9.97 Å². The second-order valence-corrected chi connectivity index (χ2v) is 5.90. The van der Waals surface area contributed by atoms with E-state index in [1.54, 1.807) is 18.0 Å². The second-order valence-electron chi connectivity index (χ2n) is 5.47. The predicted octanol–water partition coefficient (Wildman–Crippen LogP) is 4.02. The van der Waals surface area contributed by atoms with Crippen LogP contribution in [0, 0.1) is 0 Å². The van der Waals surface area contributed by atoms with E-state index >= 15 is 0 Å². The van der Waals surface area contributed by atoms with E-state index in [9.17, 15) is 4.79 Å². The van der Waals surface area contributed by atoms with E-state index in [1.165, 1.54) is 6.33 Å². The summed E-state index contributed by atoms with van der Waals surface area (Å²) >= 11 is 5.88. The van der Waals surface area contributed by atoms with Gasteiger partial charge < -0.3 is 10.2 Å². The molecule has 3 rings (SSSR count). The minimum atomic E-state index is -0.192. The predicted molar refractivity (Wildman–Crippen MR) is 100.0 cm³/mol. The van der Waals surface area contributed by atoms with Crippen molar-refractivity contribution in [3.8, 4) is 0 Å². The quantitative estimate of drug-likeness (QED) is 0.753. The zero-order chi connectivity index (χ0) is 17.6. The summed E-state index contributed by atoms with van der Waals surface area (Å²) in [6.45, 7) is 0.580. The monoisotopic (exact) mass is 352 g/mol. The van der Waals surface area contributed by atoms with Crippen LogP contribution in [0.4, 0.5) is 11.5 Å². The first kappa shape index (κ1) is 16.9. The van der Waals surface area contributed by atoms with E-state index in [0.29, 0.717) is 23.1 Å². The van der Waals surface area contributed by atoms with Gasteiger partial charge in [-0.25, -0.2) is 9.97 Å². The SMILES string of the molecule is CN(C(=O)c1cc(NCc2ccc(Cl)cc2)ncn1)c1ccccc1. The summed E-state index contributed by atoms with van der Waals surface area (Å²) < 4.78 is 0. The maximum atomic E-state index is 12.6. The Balaban J connectivity index is 1.70. The van der Waals surface area contributed by atoms with Gasteiger partial charge in [0.05, 0.1) is 0 Å². The van der Waals surface area contributed by atoms with E-state index in [0.717, 1.165) is 11.3 Å². The van der Waals surface area contributed by atoms with Gasteiger partial charge in [-0.15, -0.1) is 0 Å². The summed E-state index contributed by atoms with van der Waals surface area (Å²) in [5.41, 5.74) is 2.21. The molecule has 0 aliphatic heterocycles. The molecular formula is C19H17ClN4O. The third-order valence-corrected chi connectivity index (χ3v) is 3.97. The largest absolute Gasteiger partial charge is 0.366 e. The molecule has 0 saturated heterocycles. The average molecular weight is 353 g/mol. The Labute approximate surface area is 151 Å². The molecule has 25 heavy (non-hydrogen) atoms. The summed E-state index contributed by atoms with van der Waals surface area (Å²) in [5, 5.41) is 3.89. The van der Waals surface area contributed by atoms with Gasteiger partial charge in [0.1, 0.15) is 17.8 Å². The van der Waals surface area contributed by atoms with Gasteiger partial charge in [0.25, 0.3) is 5.91 Å². The van der Waals surface area contributed by atoms with Gasteiger partial charge in [0.15, 0.2) is 0 Å². The molecule has 1 N–H and O–H groups in total. The van der Waals surface area contributed by atoms with Crippen LogP contribution in [-0.4, -0.2) is 22.9 Å². The molecule has 126 valence electrons. The third kappa shape index (κ3) is 4.33. The highest BCUT2D eigenvalue weighted by Gasteiger charge is 2.15. The van der Waals surface area contributed by atoms with Crippen LogP contribution in [0.25, 0.3) is 0 Å². The Morgan fingerprint density at radius 3 is 2.52 bits per heavy atom. The summed E-state index contributed by atoms with van der Waals surface area (Å²) in [5.74, 6) is 0.401. The number of anilines is 2. The van der Waals surface area contributed by atoms with E-state index in [2.05, 4.69) is 15.3 Å². The van der Waals surface area contributed by atoms with Crippen LogP contribution in [0.15, 0.2) is 67.0 Å². The van der Waals surface area contributed by atoms with Crippen LogP contribution in [0.5, 0.6) is 0 Å². The van der Waals surface area contributed by atoms with Crippen molar-refractivity contribution in [2.75, 3.05) is 17.3 Å². The number of nitrogens with zero attached hydrogens (tertiary/aromatic N) is 3. The number of rotatable bonds is 5. The van der Waals surface area contributed by atoms with Crippen molar-refractivity contribution in [3.63, 3.8) is 0 Å². The van der Waals surface area contributed by atoms with Crippen molar-refractivity contribution >= 4 is 29.0 Å². The zero-order valence-electron chi connectivity index (χ0n) is 13.7. The maximum Gasteiger partial charge on any atom is 0.276 e. The van der Waals surface area contributed by atoms with Gasteiger partial charge >= 0.3 is 0 Å². The Morgan fingerprint density at radius 2 is 1.80 bits per heavy atom. The van der Waals surface area contributed by atoms with E-state index < -0.39 is 0 Å². The fraction of sp³-hybridized carbons (Fsp3) is 0.105. The number of benzene rings is 2. The number of hydrogen-bond acceptors (Lipinski definition) is 4. The van der Waals surface area contributed by atoms with Crippen molar-refractivity contribution in [1.29, 1.82) is 0 Å². The maximum absolute atomic E-state index is 12.6. The minimum Gasteiger partial charge on any atom is -0.366 e. The molecule has 0 fully saturated rings. The number of nitrogens with one attached hydrogen (secondary N) is 1. The molecule has 1 amide bonds. The molecule has 0 unspecified atom stereocenters. The van der Waals surface area contributed by atoms with Crippen molar-refractivity contribution < 1.29 is 4.79 Å². The number of aromatic nitrogens is 2. The lowest BCUT2D eigenvalue weighted by atomic mass is 10.2. The number of amides is 1. The highest BCUT2D eigenvalue weighted by Crippen LogP contribution is 2.15. The number of para-hydroxylation sites is 1. The molecular weight excluding hydrogens is 336 g/mol.